The highest BCUT2D eigenvalue weighted by Gasteiger charge is 2.47. The molecular formula is C31H31NO7. The standard InChI is InChI=1S/C31H31NO7/c1-18(2)39-26(33)16-20-9-11-22(12-10-20)32-28(21-8-6-7-19(3)15-21)27(30(35)31(32)36)29(34)24-14-13-23(37-4)17-25(24)38-5/h6-15,17-18,28,34H,16H2,1-5H3/b29-27-. The fraction of sp³-hybridized carbons (Fsp3) is 0.258. The minimum atomic E-state index is -0.895. The first-order chi connectivity index (χ1) is 18.6. The van der Waals surface area contributed by atoms with Crippen LogP contribution in [-0.2, 0) is 25.5 Å². The van der Waals surface area contributed by atoms with E-state index in [1.807, 2.05) is 31.2 Å². The number of anilines is 1. The van der Waals surface area contributed by atoms with Crippen LogP contribution in [0.3, 0.4) is 0 Å². The summed E-state index contributed by atoms with van der Waals surface area (Å²) in [6.45, 7) is 5.47. The molecule has 0 radical (unpaired) electrons. The molecule has 3 aromatic rings. The van der Waals surface area contributed by atoms with Crippen molar-refractivity contribution in [3.63, 3.8) is 0 Å². The number of Topliss-reactive ketones (excluding diaryl/α,β-unsaturated/α-hetero) is 1. The van der Waals surface area contributed by atoms with Crippen molar-refractivity contribution in [2.45, 2.75) is 39.3 Å². The van der Waals surface area contributed by atoms with Crippen molar-refractivity contribution in [2.24, 2.45) is 0 Å². The van der Waals surface area contributed by atoms with Gasteiger partial charge < -0.3 is 19.3 Å². The van der Waals surface area contributed by atoms with Crippen molar-refractivity contribution < 1.29 is 33.7 Å². The Morgan fingerprint density at radius 1 is 0.974 bits per heavy atom. The van der Waals surface area contributed by atoms with Crippen molar-refractivity contribution in [1.82, 2.24) is 0 Å². The van der Waals surface area contributed by atoms with Gasteiger partial charge in [0.2, 0.25) is 0 Å². The van der Waals surface area contributed by atoms with Crippen molar-refractivity contribution in [2.75, 3.05) is 19.1 Å². The number of ether oxygens (including phenoxy) is 3. The van der Waals surface area contributed by atoms with Crippen LogP contribution >= 0.6 is 0 Å². The van der Waals surface area contributed by atoms with Gasteiger partial charge in [-0.25, -0.2) is 0 Å². The lowest BCUT2D eigenvalue weighted by Gasteiger charge is -2.26. The van der Waals surface area contributed by atoms with E-state index in [9.17, 15) is 19.5 Å². The smallest absolute Gasteiger partial charge is 0.310 e. The van der Waals surface area contributed by atoms with E-state index >= 15 is 0 Å². The number of esters is 1. The van der Waals surface area contributed by atoms with Gasteiger partial charge in [-0.05, 0) is 56.2 Å². The SMILES string of the molecule is COc1ccc(/C(O)=C2/C(=O)C(=O)N(c3ccc(CC(=O)OC(C)C)cc3)C2c2cccc(C)c2)c(OC)c1. The molecule has 1 N–H and O–H groups in total. The van der Waals surface area contributed by atoms with Crippen LogP contribution in [-0.4, -0.2) is 43.1 Å². The first kappa shape index (κ1) is 27.4. The third-order valence-corrected chi connectivity index (χ3v) is 6.40. The number of carbonyl (C=O) groups excluding carboxylic acids is 3. The summed E-state index contributed by atoms with van der Waals surface area (Å²) in [5, 5.41) is 11.5. The Labute approximate surface area is 227 Å². The first-order valence-corrected chi connectivity index (χ1v) is 12.5. The van der Waals surface area contributed by atoms with Crippen LogP contribution in [0.5, 0.6) is 11.5 Å². The molecule has 3 aromatic carbocycles. The van der Waals surface area contributed by atoms with Gasteiger partial charge in [-0.1, -0.05) is 42.0 Å². The molecule has 1 amide bonds. The molecule has 4 rings (SSSR count). The molecule has 0 aromatic heterocycles. The highest BCUT2D eigenvalue weighted by atomic mass is 16.5. The fourth-order valence-corrected chi connectivity index (χ4v) is 4.64. The molecule has 1 unspecified atom stereocenters. The Kier molecular flexibility index (Phi) is 8.04. The van der Waals surface area contributed by atoms with Gasteiger partial charge >= 0.3 is 5.97 Å². The molecule has 1 atom stereocenters. The summed E-state index contributed by atoms with van der Waals surface area (Å²) in [5.74, 6) is -1.50. The van der Waals surface area contributed by atoms with E-state index in [0.717, 1.165) is 5.56 Å². The zero-order chi connectivity index (χ0) is 28.3. The molecule has 1 aliphatic heterocycles. The van der Waals surface area contributed by atoms with E-state index in [1.54, 1.807) is 56.3 Å². The molecule has 0 spiro atoms. The van der Waals surface area contributed by atoms with E-state index in [0.29, 0.717) is 28.3 Å². The second-order valence-corrected chi connectivity index (χ2v) is 9.53. The van der Waals surface area contributed by atoms with E-state index in [-0.39, 0.29) is 35.4 Å². The highest BCUT2D eigenvalue weighted by Crippen LogP contribution is 2.43. The molecule has 202 valence electrons. The van der Waals surface area contributed by atoms with Gasteiger partial charge in [0.05, 0.1) is 43.9 Å². The number of hydrogen-bond acceptors (Lipinski definition) is 7. The lowest BCUT2D eigenvalue weighted by Crippen LogP contribution is -2.29. The third-order valence-electron chi connectivity index (χ3n) is 6.40. The number of aliphatic hydroxyl groups is 1. The Balaban J connectivity index is 1.82. The van der Waals surface area contributed by atoms with Crippen molar-refractivity contribution in [1.29, 1.82) is 0 Å². The molecule has 1 aliphatic rings. The molecule has 0 aliphatic carbocycles. The van der Waals surface area contributed by atoms with E-state index in [2.05, 4.69) is 0 Å². The lowest BCUT2D eigenvalue weighted by molar-refractivity contribution is -0.146. The average Bonchev–Trinajstić information content (AvgIpc) is 3.18. The number of aryl methyl sites for hydroxylation is 1. The van der Waals surface area contributed by atoms with Gasteiger partial charge in [-0.15, -0.1) is 0 Å². The number of amides is 1. The van der Waals surface area contributed by atoms with Crippen LogP contribution in [0.15, 0.2) is 72.3 Å². The van der Waals surface area contributed by atoms with E-state index in [1.165, 1.54) is 19.1 Å². The molecule has 0 bridgehead atoms. The maximum absolute atomic E-state index is 13.5. The minimum Gasteiger partial charge on any atom is -0.507 e. The summed E-state index contributed by atoms with van der Waals surface area (Å²) in [5.41, 5.74) is 2.94. The minimum absolute atomic E-state index is 0.0568. The van der Waals surface area contributed by atoms with Gasteiger partial charge in [0.1, 0.15) is 17.3 Å². The highest BCUT2D eigenvalue weighted by molar-refractivity contribution is 6.51. The fourth-order valence-electron chi connectivity index (χ4n) is 4.64. The van der Waals surface area contributed by atoms with Crippen LogP contribution in [0.25, 0.3) is 5.76 Å². The van der Waals surface area contributed by atoms with E-state index in [4.69, 9.17) is 14.2 Å². The predicted molar refractivity (Wildman–Crippen MR) is 147 cm³/mol. The Bertz CT molecular complexity index is 1440. The van der Waals surface area contributed by atoms with Crippen molar-refractivity contribution >= 4 is 29.1 Å². The lowest BCUT2D eigenvalue weighted by atomic mass is 9.94. The second kappa shape index (κ2) is 11.4. The summed E-state index contributed by atoms with van der Waals surface area (Å²) in [6.07, 6.45) is -0.141. The first-order valence-electron chi connectivity index (χ1n) is 12.5. The topological polar surface area (TPSA) is 102 Å². The van der Waals surface area contributed by atoms with Gasteiger partial charge in [-0.2, -0.15) is 0 Å². The molecular weight excluding hydrogens is 498 g/mol. The number of methoxy groups -OCH3 is 2. The molecule has 1 fully saturated rings. The molecule has 8 nitrogen and oxygen atoms in total. The maximum atomic E-state index is 13.5. The zero-order valence-electron chi connectivity index (χ0n) is 22.6. The van der Waals surface area contributed by atoms with Gasteiger partial charge in [0.25, 0.3) is 11.7 Å². The maximum Gasteiger partial charge on any atom is 0.310 e. The summed E-state index contributed by atoms with van der Waals surface area (Å²) in [6, 6.07) is 18.1. The number of rotatable bonds is 8. The number of nitrogens with zero attached hydrogens (tertiary/aromatic N) is 1. The normalized spacial score (nSPS) is 16.5. The number of ketones is 1. The number of hydrogen-bond donors (Lipinski definition) is 1. The molecule has 0 saturated carbocycles. The van der Waals surface area contributed by atoms with Gasteiger partial charge in [0, 0.05) is 11.8 Å². The quantitative estimate of drug-likeness (QED) is 0.187. The largest absolute Gasteiger partial charge is 0.507 e. The average molecular weight is 530 g/mol. The summed E-state index contributed by atoms with van der Waals surface area (Å²) in [7, 11) is 2.96. The second-order valence-electron chi connectivity index (χ2n) is 9.53. The Morgan fingerprint density at radius 2 is 1.69 bits per heavy atom. The van der Waals surface area contributed by atoms with Crippen LogP contribution in [0, 0.1) is 6.92 Å². The number of aliphatic hydroxyl groups excluding tert-OH is 1. The molecule has 8 heteroatoms. The summed E-state index contributed by atoms with van der Waals surface area (Å²) in [4.78, 5) is 40.4. The Hall–Kier alpha value is -4.59. The summed E-state index contributed by atoms with van der Waals surface area (Å²) >= 11 is 0. The summed E-state index contributed by atoms with van der Waals surface area (Å²) < 4.78 is 15.9. The monoisotopic (exact) mass is 529 g/mol. The predicted octanol–water partition coefficient (Wildman–Crippen LogP) is 5.13. The van der Waals surface area contributed by atoms with Crippen LogP contribution in [0.4, 0.5) is 5.69 Å². The van der Waals surface area contributed by atoms with Crippen LogP contribution < -0.4 is 14.4 Å². The molecule has 39 heavy (non-hydrogen) atoms. The third kappa shape index (κ3) is 5.65. The number of benzene rings is 3. The number of carbonyl (C=O) groups is 3. The van der Waals surface area contributed by atoms with Gasteiger partial charge in [-0.3, -0.25) is 19.3 Å². The van der Waals surface area contributed by atoms with Gasteiger partial charge in [0.15, 0.2) is 0 Å². The van der Waals surface area contributed by atoms with Crippen molar-refractivity contribution in [3.05, 3.63) is 94.6 Å². The van der Waals surface area contributed by atoms with Crippen LogP contribution in [0.1, 0.15) is 42.1 Å². The van der Waals surface area contributed by atoms with Crippen LogP contribution in [0.2, 0.25) is 0 Å². The molecule has 1 saturated heterocycles. The molecule has 1 heterocycles. The Morgan fingerprint density at radius 3 is 2.31 bits per heavy atom. The van der Waals surface area contributed by atoms with E-state index < -0.39 is 17.7 Å². The van der Waals surface area contributed by atoms with Crippen molar-refractivity contribution in [3.8, 4) is 11.5 Å². The zero-order valence-corrected chi connectivity index (χ0v) is 22.6.